The molecule has 2 nitrogen and oxygen atoms in total. The van der Waals surface area contributed by atoms with Crippen LogP contribution < -0.4 is 0 Å². The van der Waals surface area contributed by atoms with Crippen LogP contribution in [-0.2, 0) is 11.3 Å². The third-order valence-corrected chi connectivity index (χ3v) is 2.47. The van der Waals surface area contributed by atoms with Crippen molar-refractivity contribution in [2.45, 2.75) is 6.61 Å². The number of carbonyl (C=O) groups excluding carboxylic acids is 1. The Balaban J connectivity index is 2.71. The zero-order chi connectivity index (χ0) is 10.7. The van der Waals surface area contributed by atoms with E-state index in [1.165, 1.54) is 0 Å². The highest BCUT2D eigenvalue weighted by atomic mass is 16.5. The van der Waals surface area contributed by atoms with Crippen LogP contribution >= 0.6 is 0 Å². The Labute approximate surface area is 88.5 Å². The maximum atomic E-state index is 10.9. The van der Waals surface area contributed by atoms with Crippen LogP contribution in [0.5, 0.6) is 0 Å². The van der Waals surface area contributed by atoms with Crippen molar-refractivity contribution >= 4 is 17.1 Å². The van der Waals surface area contributed by atoms with Crippen LogP contribution in [0, 0.1) is 0 Å². The van der Waals surface area contributed by atoms with Gasteiger partial charge in [-0.2, -0.15) is 0 Å². The second kappa shape index (κ2) is 4.24. The molecule has 2 aromatic rings. The largest absolute Gasteiger partial charge is 0.380 e. The van der Waals surface area contributed by atoms with E-state index in [9.17, 15) is 4.79 Å². The number of benzene rings is 2. The zero-order valence-corrected chi connectivity index (χ0v) is 8.57. The average Bonchev–Trinajstić information content (AvgIpc) is 2.30. The van der Waals surface area contributed by atoms with Crippen molar-refractivity contribution < 1.29 is 9.53 Å². The average molecular weight is 200 g/mol. The zero-order valence-electron chi connectivity index (χ0n) is 8.57. The predicted octanol–water partition coefficient (Wildman–Crippen LogP) is 2.80. The summed E-state index contributed by atoms with van der Waals surface area (Å²) in [4.78, 5) is 10.9. The molecule has 76 valence electrons. The molecule has 0 aliphatic heterocycles. The number of carbonyl (C=O) groups is 1. The van der Waals surface area contributed by atoms with E-state index in [0.29, 0.717) is 6.61 Å². The molecule has 0 radical (unpaired) electrons. The van der Waals surface area contributed by atoms with Gasteiger partial charge in [-0.25, -0.2) is 0 Å². The van der Waals surface area contributed by atoms with Gasteiger partial charge in [0.05, 0.1) is 6.61 Å². The van der Waals surface area contributed by atoms with Gasteiger partial charge in [0.2, 0.25) is 0 Å². The Kier molecular flexibility index (Phi) is 2.79. The van der Waals surface area contributed by atoms with E-state index in [2.05, 4.69) is 0 Å². The summed E-state index contributed by atoms with van der Waals surface area (Å²) in [6, 6.07) is 11.6. The number of methoxy groups -OCH3 is 1. The fourth-order valence-corrected chi connectivity index (χ4v) is 1.77. The number of hydrogen-bond donors (Lipinski definition) is 0. The first-order valence-electron chi connectivity index (χ1n) is 4.81. The molecule has 0 N–H and O–H groups in total. The SMILES string of the molecule is COCc1ccc(C=O)c2ccccc12. The second-order valence-electron chi connectivity index (χ2n) is 3.41. The molecular formula is C13H12O2. The number of ether oxygens (including phenoxy) is 1. The molecule has 0 aliphatic rings. The van der Waals surface area contributed by atoms with E-state index in [4.69, 9.17) is 4.74 Å². The molecule has 2 heteroatoms. The monoisotopic (exact) mass is 200 g/mol. The van der Waals surface area contributed by atoms with Crippen LogP contribution in [0.3, 0.4) is 0 Å². The molecule has 15 heavy (non-hydrogen) atoms. The molecule has 2 rings (SSSR count). The highest BCUT2D eigenvalue weighted by molar-refractivity contribution is 5.99. The lowest BCUT2D eigenvalue weighted by molar-refractivity contribution is 0.112. The van der Waals surface area contributed by atoms with Gasteiger partial charge in [-0.15, -0.1) is 0 Å². The van der Waals surface area contributed by atoms with Crippen molar-refractivity contribution in [2.24, 2.45) is 0 Å². The van der Waals surface area contributed by atoms with Gasteiger partial charge in [0.1, 0.15) is 0 Å². The summed E-state index contributed by atoms with van der Waals surface area (Å²) in [5.74, 6) is 0. The normalized spacial score (nSPS) is 10.5. The first-order valence-corrected chi connectivity index (χ1v) is 4.81. The van der Waals surface area contributed by atoms with Crippen molar-refractivity contribution in [3.05, 3.63) is 47.5 Å². The molecule has 0 unspecified atom stereocenters. The number of aldehydes is 1. The van der Waals surface area contributed by atoms with Gasteiger partial charge in [-0.3, -0.25) is 4.79 Å². The summed E-state index contributed by atoms with van der Waals surface area (Å²) in [5.41, 5.74) is 1.84. The summed E-state index contributed by atoms with van der Waals surface area (Å²) in [5, 5.41) is 2.08. The lowest BCUT2D eigenvalue weighted by atomic mass is 10.0. The molecular weight excluding hydrogens is 188 g/mol. The van der Waals surface area contributed by atoms with Crippen molar-refractivity contribution in [3.8, 4) is 0 Å². The Bertz CT molecular complexity index is 489. The van der Waals surface area contributed by atoms with E-state index in [1.807, 2.05) is 36.4 Å². The second-order valence-corrected chi connectivity index (χ2v) is 3.41. The van der Waals surface area contributed by atoms with Gasteiger partial charge >= 0.3 is 0 Å². The van der Waals surface area contributed by atoms with Crippen LogP contribution in [-0.4, -0.2) is 13.4 Å². The summed E-state index contributed by atoms with van der Waals surface area (Å²) in [7, 11) is 1.67. The van der Waals surface area contributed by atoms with Crippen molar-refractivity contribution in [3.63, 3.8) is 0 Å². The van der Waals surface area contributed by atoms with Crippen LogP contribution in [0.1, 0.15) is 15.9 Å². The third kappa shape index (κ3) is 1.76. The number of hydrogen-bond acceptors (Lipinski definition) is 2. The standard InChI is InChI=1S/C13H12O2/c1-15-9-11-7-6-10(8-14)12-4-2-3-5-13(11)12/h2-8H,9H2,1H3. The molecule has 0 bridgehead atoms. The van der Waals surface area contributed by atoms with Crippen LogP contribution in [0.25, 0.3) is 10.8 Å². The molecule has 0 aromatic heterocycles. The van der Waals surface area contributed by atoms with Gasteiger partial charge in [-0.1, -0.05) is 36.4 Å². The molecule has 0 heterocycles. The Morgan fingerprint density at radius 1 is 1.13 bits per heavy atom. The Morgan fingerprint density at radius 2 is 1.87 bits per heavy atom. The van der Waals surface area contributed by atoms with Gasteiger partial charge in [0.25, 0.3) is 0 Å². The van der Waals surface area contributed by atoms with Crippen molar-refractivity contribution in [2.75, 3.05) is 7.11 Å². The molecule has 0 fully saturated rings. The molecule has 2 aromatic carbocycles. The third-order valence-electron chi connectivity index (χ3n) is 2.47. The highest BCUT2D eigenvalue weighted by Gasteiger charge is 2.04. The highest BCUT2D eigenvalue weighted by Crippen LogP contribution is 2.22. The lowest BCUT2D eigenvalue weighted by Gasteiger charge is -2.07. The first-order chi connectivity index (χ1) is 7.36. The maximum absolute atomic E-state index is 10.9. The van der Waals surface area contributed by atoms with Crippen LogP contribution in [0.4, 0.5) is 0 Å². The fraction of sp³-hybridized carbons (Fsp3) is 0.154. The topological polar surface area (TPSA) is 26.3 Å². The van der Waals surface area contributed by atoms with Crippen LogP contribution in [0.2, 0.25) is 0 Å². The fourth-order valence-electron chi connectivity index (χ4n) is 1.77. The number of fused-ring (bicyclic) bond motifs is 1. The van der Waals surface area contributed by atoms with Gasteiger partial charge in [0, 0.05) is 12.7 Å². The van der Waals surface area contributed by atoms with Crippen LogP contribution in [0.15, 0.2) is 36.4 Å². The molecule has 0 saturated heterocycles. The minimum absolute atomic E-state index is 0.569. The van der Waals surface area contributed by atoms with E-state index >= 15 is 0 Å². The molecule has 0 aliphatic carbocycles. The lowest BCUT2D eigenvalue weighted by Crippen LogP contribution is -1.92. The summed E-state index contributed by atoms with van der Waals surface area (Å²) >= 11 is 0. The summed E-state index contributed by atoms with van der Waals surface area (Å²) in [6.07, 6.45) is 0.888. The molecule has 0 saturated carbocycles. The van der Waals surface area contributed by atoms with Gasteiger partial charge in [0.15, 0.2) is 6.29 Å². The van der Waals surface area contributed by atoms with Gasteiger partial charge < -0.3 is 4.74 Å². The van der Waals surface area contributed by atoms with Crippen molar-refractivity contribution in [1.29, 1.82) is 0 Å². The minimum atomic E-state index is 0.569. The van der Waals surface area contributed by atoms with E-state index in [0.717, 1.165) is 28.2 Å². The molecule has 0 amide bonds. The van der Waals surface area contributed by atoms with E-state index in [-0.39, 0.29) is 0 Å². The minimum Gasteiger partial charge on any atom is -0.380 e. The first kappa shape index (κ1) is 9.87. The summed E-state index contributed by atoms with van der Waals surface area (Å²) < 4.78 is 5.12. The van der Waals surface area contributed by atoms with E-state index < -0.39 is 0 Å². The molecule has 0 atom stereocenters. The Morgan fingerprint density at radius 3 is 2.53 bits per heavy atom. The van der Waals surface area contributed by atoms with E-state index in [1.54, 1.807) is 7.11 Å². The maximum Gasteiger partial charge on any atom is 0.150 e. The smallest absolute Gasteiger partial charge is 0.150 e. The predicted molar refractivity (Wildman–Crippen MR) is 60.0 cm³/mol. The van der Waals surface area contributed by atoms with Gasteiger partial charge in [-0.05, 0) is 16.3 Å². The molecule has 0 spiro atoms. The quantitative estimate of drug-likeness (QED) is 0.712. The number of rotatable bonds is 3. The summed E-state index contributed by atoms with van der Waals surface area (Å²) in [6.45, 7) is 0.569. The Hall–Kier alpha value is -1.67. The van der Waals surface area contributed by atoms with Crippen molar-refractivity contribution in [1.82, 2.24) is 0 Å².